The van der Waals surface area contributed by atoms with Crippen LogP contribution in [0, 0.1) is 11.3 Å². The van der Waals surface area contributed by atoms with Gasteiger partial charge in [0.15, 0.2) is 0 Å². The third kappa shape index (κ3) is 6.83. The van der Waals surface area contributed by atoms with Crippen LogP contribution >= 0.6 is 0 Å². The summed E-state index contributed by atoms with van der Waals surface area (Å²) in [6, 6.07) is 9.10. The van der Waals surface area contributed by atoms with Gasteiger partial charge in [-0.3, -0.25) is 9.59 Å². The lowest BCUT2D eigenvalue weighted by atomic mass is 10.3. The first-order valence-electron chi connectivity index (χ1n) is 9.30. The molecule has 0 bridgehead atoms. The van der Waals surface area contributed by atoms with Crippen molar-refractivity contribution in [1.82, 2.24) is 15.5 Å². The van der Waals surface area contributed by atoms with Gasteiger partial charge in [0.05, 0.1) is 7.11 Å². The number of hydrogen-bond donors (Lipinski definition) is 2. The Morgan fingerprint density at radius 3 is 2.68 bits per heavy atom. The predicted molar refractivity (Wildman–Crippen MR) is 104 cm³/mol. The van der Waals surface area contributed by atoms with Gasteiger partial charge >= 0.3 is 0 Å². The van der Waals surface area contributed by atoms with Gasteiger partial charge in [0.2, 0.25) is 5.91 Å². The van der Waals surface area contributed by atoms with Gasteiger partial charge in [-0.25, -0.2) is 0 Å². The summed E-state index contributed by atoms with van der Waals surface area (Å²) in [5, 5.41) is 14.7. The fourth-order valence-corrected chi connectivity index (χ4v) is 2.73. The Kier molecular flexibility index (Phi) is 8.66. The second-order valence-electron chi connectivity index (χ2n) is 6.24. The first kappa shape index (κ1) is 21.1. The van der Waals surface area contributed by atoms with Crippen molar-refractivity contribution in [1.29, 1.82) is 5.26 Å². The van der Waals surface area contributed by atoms with Crippen molar-refractivity contribution in [2.75, 3.05) is 39.9 Å². The van der Waals surface area contributed by atoms with Crippen LogP contribution in [0.3, 0.4) is 0 Å². The number of rotatable bonds is 11. The zero-order valence-corrected chi connectivity index (χ0v) is 16.1. The molecule has 150 valence electrons. The van der Waals surface area contributed by atoms with E-state index in [0.717, 1.165) is 18.7 Å². The zero-order valence-electron chi connectivity index (χ0n) is 16.1. The molecule has 8 nitrogen and oxygen atoms in total. The minimum atomic E-state index is -0.432. The molecule has 1 saturated heterocycles. The van der Waals surface area contributed by atoms with Gasteiger partial charge in [-0.2, -0.15) is 5.26 Å². The number of nitrogens with one attached hydrogen (secondary N) is 2. The SMILES string of the molecule is COc1ccc(OCCN/C=C(/C#N)C(=O)NCCCN2CCCC2=O)cc1. The van der Waals surface area contributed by atoms with Crippen LogP contribution in [0.5, 0.6) is 11.5 Å². The molecule has 1 aromatic carbocycles. The van der Waals surface area contributed by atoms with Gasteiger partial charge in [-0.05, 0) is 37.1 Å². The van der Waals surface area contributed by atoms with Crippen LogP contribution in [0.4, 0.5) is 0 Å². The molecule has 8 heteroatoms. The van der Waals surface area contributed by atoms with Crippen LogP contribution in [0.25, 0.3) is 0 Å². The average molecular weight is 386 g/mol. The molecule has 2 amide bonds. The fourth-order valence-electron chi connectivity index (χ4n) is 2.73. The van der Waals surface area contributed by atoms with E-state index in [4.69, 9.17) is 14.7 Å². The fraction of sp³-hybridized carbons (Fsp3) is 0.450. The highest BCUT2D eigenvalue weighted by atomic mass is 16.5. The maximum atomic E-state index is 12.0. The van der Waals surface area contributed by atoms with E-state index in [1.54, 1.807) is 36.3 Å². The summed E-state index contributed by atoms with van der Waals surface area (Å²) in [6.45, 7) is 2.67. The average Bonchev–Trinajstić information content (AvgIpc) is 3.13. The summed E-state index contributed by atoms with van der Waals surface area (Å²) in [5.74, 6) is 1.20. The molecule has 2 N–H and O–H groups in total. The summed E-state index contributed by atoms with van der Waals surface area (Å²) in [5.41, 5.74) is 0.00157. The van der Waals surface area contributed by atoms with Crippen molar-refractivity contribution < 1.29 is 19.1 Å². The normalized spacial score (nSPS) is 13.8. The van der Waals surface area contributed by atoms with E-state index in [2.05, 4.69) is 10.6 Å². The van der Waals surface area contributed by atoms with E-state index in [-0.39, 0.29) is 11.5 Å². The molecule has 2 rings (SSSR count). The number of nitrogens with zero attached hydrogens (tertiary/aromatic N) is 2. The first-order valence-corrected chi connectivity index (χ1v) is 9.30. The van der Waals surface area contributed by atoms with E-state index in [9.17, 15) is 9.59 Å². The van der Waals surface area contributed by atoms with Crippen molar-refractivity contribution in [3.63, 3.8) is 0 Å². The minimum Gasteiger partial charge on any atom is -0.497 e. The molecule has 0 spiro atoms. The molecule has 28 heavy (non-hydrogen) atoms. The molecule has 0 aliphatic carbocycles. The van der Waals surface area contributed by atoms with Gasteiger partial charge in [-0.15, -0.1) is 0 Å². The number of methoxy groups -OCH3 is 1. The summed E-state index contributed by atoms with van der Waals surface area (Å²) in [7, 11) is 1.60. The first-order chi connectivity index (χ1) is 13.6. The van der Waals surface area contributed by atoms with Crippen LogP contribution in [-0.4, -0.2) is 56.6 Å². The molecule has 0 radical (unpaired) electrons. The maximum Gasteiger partial charge on any atom is 0.263 e. The number of carbonyl (C=O) groups is 2. The highest BCUT2D eigenvalue weighted by Crippen LogP contribution is 2.16. The van der Waals surface area contributed by atoms with Crippen molar-refractivity contribution in [3.8, 4) is 17.6 Å². The van der Waals surface area contributed by atoms with Crippen LogP contribution in [0.2, 0.25) is 0 Å². The number of likely N-dealkylation sites (tertiary alicyclic amines) is 1. The quantitative estimate of drug-likeness (QED) is 0.336. The lowest BCUT2D eigenvalue weighted by molar-refractivity contribution is -0.127. The highest BCUT2D eigenvalue weighted by Gasteiger charge is 2.19. The maximum absolute atomic E-state index is 12.0. The molecular weight excluding hydrogens is 360 g/mol. The largest absolute Gasteiger partial charge is 0.497 e. The van der Waals surface area contributed by atoms with E-state index < -0.39 is 5.91 Å². The van der Waals surface area contributed by atoms with Crippen molar-refractivity contribution in [3.05, 3.63) is 36.0 Å². The van der Waals surface area contributed by atoms with Gasteiger partial charge in [0.25, 0.3) is 5.91 Å². The smallest absolute Gasteiger partial charge is 0.263 e. The Bertz CT molecular complexity index is 725. The molecule has 0 atom stereocenters. The summed E-state index contributed by atoms with van der Waals surface area (Å²) in [4.78, 5) is 25.3. The standard InChI is InChI=1S/C20H26N4O4/c1-27-17-5-7-18(8-6-17)28-13-10-22-15-16(14-21)20(26)23-9-3-12-24-11-2-4-19(24)25/h5-8,15,22H,2-4,9-13H2,1H3,(H,23,26)/b16-15-. The van der Waals surface area contributed by atoms with Gasteiger partial charge in [-0.1, -0.05) is 0 Å². The minimum absolute atomic E-state index is 0.00157. The van der Waals surface area contributed by atoms with Gasteiger partial charge in [0, 0.05) is 38.8 Å². The Hall–Kier alpha value is -3.21. The van der Waals surface area contributed by atoms with Crippen LogP contribution < -0.4 is 20.1 Å². The zero-order chi connectivity index (χ0) is 20.2. The Balaban J connectivity index is 1.62. The van der Waals surface area contributed by atoms with Crippen LogP contribution in [-0.2, 0) is 9.59 Å². The van der Waals surface area contributed by atoms with Gasteiger partial charge < -0.3 is 25.0 Å². The van der Waals surface area contributed by atoms with Crippen molar-refractivity contribution in [2.45, 2.75) is 19.3 Å². The van der Waals surface area contributed by atoms with Crippen LogP contribution in [0.15, 0.2) is 36.0 Å². The Morgan fingerprint density at radius 1 is 1.29 bits per heavy atom. The van der Waals surface area contributed by atoms with E-state index in [0.29, 0.717) is 44.8 Å². The second-order valence-corrected chi connectivity index (χ2v) is 6.24. The summed E-state index contributed by atoms with van der Waals surface area (Å²) in [6.07, 6.45) is 3.57. The Morgan fingerprint density at radius 2 is 2.04 bits per heavy atom. The molecule has 1 aliphatic rings. The van der Waals surface area contributed by atoms with E-state index >= 15 is 0 Å². The second kappa shape index (κ2) is 11.5. The lowest BCUT2D eigenvalue weighted by Crippen LogP contribution is -2.31. The summed E-state index contributed by atoms with van der Waals surface area (Å²) < 4.78 is 10.6. The van der Waals surface area contributed by atoms with Crippen LogP contribution in [0.1, 0.15) is 19.3 Å². The molecule has 0 saturated carbocycles. The molecular formula is C20H26N4O4. The number of hydrogen-bond acceptors (Lipinski definition) is 6. The van der Waals surface area contributed by atoms with E-state index in [1.807, 2.05) is 6.07 Å². The molecule has 1 aliphatic heterocycles. The molecule has 1 fully saturated rings. The number of nitriles is 1. The number of amides is 2. The van der Waals surface area contributed by atoms with Crippen molar-refractivity contribution >= 4 is 11.8 Å². The number of benzene rings is 1. The highest BCUT2D eigenvalue weighted by molar-refractivity contribution is 5.97. The summed E-state index contributed by atoms with van der Waals surface area (Å²) >= 11 is 0. The molecule has 1 heterocycles. The third-order valence-corrected chi connectivity index (χ3v) is 4.25. The molecule has 0 unspecified atom stereocenters. The van der Waals surface area contributed by atoms with Gasteiger partial charge in [0.1, 0.15) is 29.7 Å². The third-order valence-electron chi connectivity index (χ3n) is 4.25. The van der Waals surface area contributed by atoms with Crippen molar-refractivity contribution in [2.24, 2.45) is 0 Å². The van der Waals surface area contributed by atoms with E-state index in [1.165, 1.54) is 6.20 Å². The monoisotopic (exact) mass is 386 g/mol. The Labute approximate surface area is 165 Å². The number of carbonyl (C=O) groups excluding carboxylic acids is 2. The lowest BCUT2D eigenvalue weighted by Gasteiger charge is -2.15. The number of ether oxygens (including phenoxy) is 2. The topological polar surface area (TPSA) is 104 Å². The predicted octanol–water partition coefficient (Wildman–Crippen LogP) is 1.20. The molecule has 1 aromatic rings. The molecule has 0 aromatic heterocycles.